The standard InChI is InChI=1S/C25H29NS/c1-15-11-10-13-18-21(15)26-16(2)22-20(17-12-8-9-14-19(17)27-22)25(26,7)24(5,6)23(18,3)4/h8-14,16H,1-7H3. The molecule has 3 aromatic rings. The molecule has 1 aromatic heterocycles. The van der Waals surface area contributed by atoms with Gasteiger partial charge in [-0.3, -0.25) is 0 Å². The van der Waals surface area contributed by atoms with Gasteiger partial charge in [-0.25, -0.2) is 0 Å². The molecular formula is C25H29NS. The Morgan fingerprint density at radius 2 is 1.63 bits per heavy atom. The van der Waals surface area contributed by atoms with Crippen LogP contribution in [0.1, 0.15) is 69.2 Å². The van der Waals surface area contributed by atoms with Crippen LogP contribution in [-0.2, 0) is 11.0 Å². The summed E-state index contributed by atoms with van der Waals surface area (Å²) >= 11 is 2.00. The van der Waals surface area contributed by atoms with E-state index in [-0.39, 0.29) is 16.4 Å². The van der Waals surface area contributed by atoms with Crippen LogP contribution in [0.25, 0.3) is 10.1 Å². The van der Waals surface area contributed by atoms with Gasteiger partial charge in [-0.15, -0.1) is 11.3 Å². The van der Waals surface area contributed by atoms with Gasteiger partial charge in [-0.2, -0.15) is 0 Å². The number of anilines is 1. The molecule has 0 fully saturated rings. The van der Waals surface area contributed by atoms with Crippen molar-refractivity contribution in [3.05, 3.63) is 64.0 Å². The monoisotopic (exact) mass is 375 g/mol. The van der Waals surface area contributed by atoms with E-state index in [0.717, 1.165) is 0 Å². The molecule has 0 saturated heterocycles. The van der Waals surface area contributed by atoms with E-state index in [4.69, 9.17) is 0 Å². The first kappa shape index (κ1) is 17.3. The topological polar surface area (TPSA) is 3.24 Å². The van der Waals surface area contributed by atoms with Crippen molar-refractivity contribution in [2.75, 3.05) is 4.90 Å². The Kier molecular flexibility index (Phi) is 3.19. The minimum atomic E-state index is -0.0377. The van der Waals surface area contributed by atoms with E-state index >= 15 is 0 Å². The van der Waals surface area contributed by atoms with Crippen molar-refractivity contribution in [3.63, 3.8) is 0 Å². The quantitative estimate of drug-likeness (QED) is 0.398. The molecule has 140 valence electrons. The predicted octanol–water partition coefficient (Wildman–Crippen LogP) is 7.32. The van der Waals surface area contributed by atoms with Crippen LogP contribution in [-0.4, -0.2) is 0 Å². The summed E-state index contributed by atoms with van der Waals surface area (Å²) < 4.78 is 1.43. The lowest BCUT2D eigenvalue weighted by Gasteiger charge is -2.62. The summed E-state index contributed by atoms with van der Waals surface area (Å²) in [6.45, 7) is 17.1. The highest BCUT2D eigenvalue weighted by Gasteiger charge is 2.64. The van der Waals surface area contributed by atoms with Gasteiger partial charge < -0.3 is 4.90 Å². The van der Waals surface area contributed by atoms with Crippen molar-refractivity contribution in [3.8, 4) is 0 Å². The first-order valence-electron chi connectivity index (χ1n) is 10.1. The van der Waals surface area contributed by atoms with Gasteiger partial charge in [0.05, 0.1) is 11.6 Å². The Morgan fingerprint density at radius 1 is 0.926 bits per heavy atom. The van der Waals surface area contributed by atoms with E-state index in [1.165, 1.54) is 26.9 Å². The Balaban J connectivity index is 1.95. The smallest absolute Gasteiger partial charge is 0.0709 e. The zero-order valence-corrected chi connectivity index (χ0v) is 18.3. The van der Waals surface area contributed by atoms with Gasteiger partial charge >= 0.3 is 0 Å². The van der Waals surface area contributed by atoms with Crippen molar-refractivity contribution in [1.29, 1.82) is 0 Å². The largest absolute Gasteiger partial charge is 0.353 e. The van der Waals surface area contributed by atoms with Crippen LogP contribution in [0.15, 0.2) is 42.5 Å². The minimum absolute atomic E-state index is 0.0377. The van der Waals surface area contributed by atoms with Crippen LogP contribution in [0.3, 0.4) is 0 Å². The van der Waals surface area contributed by atoms with E-state index < -0.39 is 0 Å². The lowest BCUT2D eigenvalue weighted by atomic mass is 9.51. The molecule has 0 amide bonds. The fourth-order valence-corrected chi connectivity index (χ4v) is 7.30. The second-order valence-electron chi connectivity index (χ2n) is 9.68. The van der Waals surface area contributed by atoms with Crippen LogP contribution < -0.4 is 4.90 Å². The number of hydrogen-bond donors (Lipinski definition) is 0. The third-order valence-corrected chi connectivity index (χ3v) is 9.63. The molecular weight excluding hydrogens is 346 g/mol. The predicted molar refractivity (Wildman–Crippen MR) is 118 cm³/mol. The van der Waals surface area contributed by atoms with Gasteiger partial charge in [0.15, 0.2) is 0 Å². The first-order chi connectivity index (χ1) is 12.6. The molecule has 27 heavy (non-hydrogen) atoms. The average molecular weight is 376 g/mol. The number of thiophene rings is 1. The molecule has 2 heteroatoms. The number of hydrogen-bond acceptors (Lipinski definition) is 2. The van der Waals surface area contributed by atoms with E-state index in [1.807, 2.05) is 11.3 Å². The van der Waals surface area contributed by atoms with Crippen LogP contribution in [0.4, 0.5) is 5.69 Å². The fourth-order valence-electron chi connectivity index (χ4n) is 5.94. The number of para-hydroxylation sites is 1. The molecule has 2 aliphatic heterocycles. The number of rotatable bonds is 0. The minimum Gasteiger partial charge on any atom is -0.353 e. The average Bonchev–Trinajstić information content (AvgIpc) is 3.10. The summed E-state index contributed by atoms with van der Waals surface area (Å²) in [6.07, 6.45) is 0. The molecule has 2 unspecified atom stereocenters. The lowest BCUT2D eigenvalue weighted by molar-refractivity contribution is 0.0660. The highest BCUT2D eigenvalue weighted by molar-refractivity contribution is 7.19. The van der Waals surface area contributed by atoms with E-state index in [0.29, 0.717) is 6.04 Å². The summed E-state index contributed by atoms with van der Waals surface area (Å²) in [5.41, 5.74) is 6.04. The van der Waals surface area contributed by atoms with Crippen molar-refractivity contribution in [2.24, 2.45) is 5.41 Å². The second-order valence-corrected chi connectivity index (χ2v) is 10.8. The van der Waals surface area contributed by atoms with Gasteiger partial charge in [0.25, 0.3) is 0 Å². The van der Waals surface area contributed by atoms with Crippen molar-refractivity contribution < 1.29 is 0 Å². The van der Waals surface area contributed by atoms with E-state index in [2.05, 4.69) is 95.8 Å². The third-order valence-electron chi connectivity index (χ3n) is 8.29. The van der Waals surface area contributed by atoms with Crippen molar-refractivity contribution >= 4 is 27.1 Å². The lowest BCUT2D eigenvalue weighted by Crippen LogP contribution is -2.62. The Morgan fingerprint density at radius 3 is 2.37 bits per heavy atom. The van der Waals surface area contributed by atoms with Crippen LogP contribution in [0.2, 0.25) is 0 Å². The maximum atomic E-state index is 2.76. The molecule has 0 spiro atoms. The highest BCUT2D eigenvalue weighted by Crippen LogP contribution is 2.69. The molecule has 0 saturated carbocycles. The van der Waals surface area contributed by atoms with Gasteiger partial charge in [0, 0.05) is 26.2 Å². The molecule has 2 aromatic carbocycles. The van der Waals surface area contributed by atoms with Crippen molar-refractivity contribution in [2.45, 2.75) is 65.5 Å². The highest BCUT2D eigenvalue weighted by atomic mass is 32.1. The number of fused-ring (bicyclic) bond motifs is 7. The Bertz CT molecular complexity index is 1090. The van der Waals surface area contributed by atoms with Crippen LogP contribution >= 0.6 is 11.3 Å². The maximum Gasteiger partial charge on any atom is 0.0709 e. The Labute approximate surface area is 167 Å². The molecule has 0 bridgehead atoms. The fraction of sp³-hybridized carbons (Fsp3) is 0.440. The SMILES string of the molecule is Cc1cccc2c1N1C(C)c3sc4ccccc4c3C1(C)C(C)(C)C2(C)C. The third kappa shape index (κ3) is 1.72. The number of nitrogens with zero attached hydrogens (tertiary/aromatic N) is 1. The number of benzene rings is 2. The molecule has 5 rings (SSSR count). The van der Waals surface area contributed by atoms with E-state index in [9.17, 15) is 0 Å². The summed E-state index contributed by atoms with van der Waals surface area (Å²) in [5.74, 6) is 0. The summed E-state index contributed by atoms with van der Waals surface area (Å²) in [7, 11) is 0. The van der Waals surface area contributed by atoms with Crippen molar-refractivity contribution in [1.82, 2.24) is 0 Å². The molecule has 3 heterocycles. The van der Waals surface area contributed by atoms with Gasteiger partial charge in [-0.1, -0.05) is 64.1 Å². The molecule has 0 N–H and O–H groups in total. The first-order valence-corrected chi connectivity index (χ1v) is 10.9. The molecule has 0 aliphatic carbocycles. The van der Waals surface area contributed by atoms with Gasteiger partial charge in [-0.05, 0) is 48.8 Å². The van der Waals surface area contributed by atoms with E-state index in [1.54, 1.807) is 10.4 Å². The second kappa shape index (κ2) is 4.97. The van der Waals surface area contributed by atoms with Crippen LogP contribution in [0, 0.1) is 12.3 Å². The summed E-state index contributed by atoms with van der Waals surface area (Å²) in [5, 5.41) is 1.45. The molecule has 0 radical (unpaired) electrons. The normalized spacial score (nSPS) is 27.4. The number of aryl methyl sites for hydroxylation is 1. The van der Waals surface area contributed by atoms with Gasteiger partial charge in [0.2, 0.25) is 0 Å². The zero-order chi connectivity index (χ0) is 19.4. The maximum absolute atomic E-state index is 2.76. The molecule has 2 aliphatic rings. The van der Waals surface area contributed by atoms with Crippen LogP contribution in [0.5, 0.6) is 0 Å². The summed E-state index contributed by atoms with van der Waals surface area (Å²) in [6, 6.07) is 16.3. The zero-order valence-electron chi connectivity index (χ0n) is 17.5. The molecule has 1 nitrogen and oxygen atoms in total. The molecule has 2 atom stereocenters. The Hall–Kier alpha value is -1.80. The van der Waals surface area contributed by atoms with Gasteiger partial charge in [0.1, 0.15) is 0 Å². The summed E-state index contributed by atoms with van der Waals surface area (Å²) in [4.78, 5) is 4.31.